The number of benzene rings is 4. The van der Waals surface area contributed by atoms with Gasteiger partial charge in [0.2, 0.25) is 11.6 Å². The summed E-state index contributed by atoms with van der Waals surface area (Å²) in [5.41, 5.74) is 4.96. The molecule has 1 aliphatic heterocycles. The first-order chi connectivity index (χ1) is 18.3. The van der Waals surface area contributed by atoms with Crippen molar-refractivity contribution in [3.63, 3.8) is 0 Å². The first-order valence-corrected chi connectivity index (χ1v) is 14.7. The zero-order valence-corrected chi connectivity index (χ0v) is 26.2. The molecule has 0 amide bonds. The summed E-state index contributed by atoms with van der Waals surface area (Å²) in [6, 6.07) is 29.9. The predicted octanol–water partition coefficient (Wildman–Crippen LogP) is 8.78. The molecule has 38 heavy (non-hydrogen) atoms. The third kappa shape index (κ3) is 7.53. The average Bonchev–Trinajstić information content (AvgIpc) is 2.94. The molecule has 5 rings (SSSR count). The molecule has 0 aromatic heterocycles. The molecule has 190 valence electrons. The minimum atomic E-state index is -0.496. The van der Waals surface area contributed by atoms with Crippen molar-refractivity contribution in [1.82, 2.24) is 0 Å². The van der Waals surface area contributed by atoms with Crippen molar-refractivity contribution < 1.29 is 9.59 Å². The molecule has 0 bridgehead atoms. The monoisotopic (exact) mass is 756 g/mol. The maximum atomic E-state index is 12.0. The molecular weight excluding hydrogens is 740 g/mol. The number of ketones is 2. The van der Waals surface area contributed by atoms with Gasteiger partial charge in [0, 0.05) is 40.1 Å². The molecule has 0 saturated carbocycles. The molecule has 0 saturated heterocycles. The third-order valence-corrected chi connectivity index (χ3v) is 7.63. The molecule has 4 aromatic carbocycles. The lowest BCUT2D eigenvalue weighted by Gasteiger charge is -2.15. The van der Waals surface area contributed by atoms with Gasteiger partial charge >= 0.3 is 0 Å². The summed E-state index contributed by atoms with van der Waals surface area (Å²) in [6.45, 7) is 1.51. The van der Waals surface area contributed by atoms with Gasteiger partial charge in [-0.25, -0.2) is 0 Å². The van der Waals surface area contributed by atoms with Crippen LogP contribution in [0.5, 0.6) is 0 Å². The standard InChI is InChI=1S/C16H12Br2N2.C14H8Br2O2/c17-13-5-1-11(2-6-13)15-16(20-10-9-19-15)12-3-7-14(18)8-4-12;15-11-5-1-9(2-6-11)13(17)14(18)10-3-7-12(16)8-4-10/h1-8H,9-10H2;1-8H. The van der Waals surface area contributed by atoms with E-state index >= 15 is 0 Å². The quantitative estimate of drug-likeness (QED) is 0.151. The molecular formula is C30H20Br4N2O2. The van der Waals surface area contributed by atoms with Crippen molar-refractivity contribution in [2.45, 2.75) is 0 Å². The highest BCUT2D eigenvalue weighted by Gasteiger charge is 2.18. The molecule has 8 heteroatoms. The highest BCUT2D eigenvalue weighted by atomic mass is 79.9. The smallest absolute Gasteiger partial charge is 0.233 e. The molecule has 0 fully saturated rings. The van der Waals surface area contributed by atoms with E-state index in [0.717, 1.165) is 53.5 Å². The van der Waals surface area contributed by atoms with Gasteiger partial charge in [-0.15, -0.1) is 0 Å². The van der Waals surface area contributed by atoms with Crippen LogP contribution in [0.25, 0.3) is 0 Å². The summed E-state index contributed by atoms with van der Waals surface area (Å²) in [5, 5.41) is 0. The van der Waals surface area contributed by atoms with Gasteiger partial charge in [-0.3, -0.25) is 19.6 Å². The van der Waals surface area contributed by atoms with Crippen molar-refractivity contribution in [3.05, 3.63) is 137 Å². The minimum Gasteiger partial charge on any atom is -0.285 e. The van der Waals surface area contributed by atoms with E-state index in [2.05, 4.69) is 98.0 Å². The second kappa shape index (κ2) is 13.5. The van der Waals surface area contributed by atoms with Crippen LogP contribution in [0.3, 0.4) is 0 Å². The van der Waals surface area contributed by atoms with Gasteiger partial charge < -0.3 is 0 Å². The Balaban J connectivity index is 0.000000178. The molecule has 1 aliphatic rings. The summed E-state index contributed by atoms with van der Waals surface area (Å²) in [4.78, 5) is 33.3. The first kappa shape index (κ1) is 28.5. The van der Waals surface area contributed by atoms with Crippen LogP contribution in [-0.2, 0) is 0 Å². The van der Waals surface area contributed by atoms with Gasteiger partial charge in [0.25, 0.3) is 0 Å². The lowest BCUT2D eigenvalue weighted by Crippen LogP contribution is -2.22. The van der Waals surface area contributed by atoms with E-state index in [0.29, 0.717) is 11.1 Å². The number of carbonyl (C=O) groups excluding carboxylic acids is 2. The van der Waals surface area contributed by atoms with E-state index in [9.17, 15) is 9.59 Å². The molecule has 0 radical (unpaired) electrons. The Bertz CT molecular complexity index is 1380. The van der Waals surface area contributed by atoms with Crippen LogP contribution < -0.4 is 0 Å². The summed E-state index contributed by atoms with van der Waals surface area (Å²) >= 11 is 13.5. The van der Waals surface area contributed by atoms with E-state index in [-0.39, 0.29) is 0 Å². The summed E-state index contributed by atoms with van der Waals surface area (Å²) in [6.07, 6.45) is 0. The van der Waals surface area contributed by atoms with E-state index in [1.165, 1.54) is 0 Å². The lowest BCUT2D eigenvalue weighted by atomic mass is 9.99. The molecule has 0 N–H and O–H groups in total. The second-order valence-electron chi connectivity index (χ2n) is 8.15. The minimum absolute atomic E-state index is 0.395. The number of rotatable bonds is 5. The molecule has 4 aromatic rings. The Kier molecular flexibility index (Phi) is 10.1. The SMILES string of the molecule is Brc1ccc(C2=NCCN=C2c2ccc(Br)cc2)cc1.O=C(C(=O)c1ccc(Br)cc1)c1ccc(Br)cc1. The fourth-order valence-electron chi connectivity index (χ4n) is 3.61. The number of halogens is 4. The van der Waals surface area contributed by atoms with Crippen LogP contribution in [0.2, 0.25) is 0 Å². The molecule has 0 spiro atoms. The fourth-order valence-corrected chi connectivity index (χ4v) is 4.67. The van der Waals surface area contributed by atoms with Crippen LogP contribution in [0.15, 0.2) is 125 Å². The van der Waals surface area contributed by atoms with Gasteiger partial charge in [0.05, 0.1) is 24.5 Å². The van der Waals surface area contributed by atoms with Crippen molar-refractivity contribution in [2.75, 3.05) is 13.1 Å². The van der Waals surface area contributed by atoms with Gasteiger partial charge in [-0.1, -0.05) is 88.0 Å². The Morgan fingerprint density at radius 3 is 1.00 bits per heavy atom. The van der Waals surface area contributed by atoms with E-state index in [1.54, 1.807) is 48.5 Å². The topological polar surface area (TPSA) is 58.9 Å². The zero-order chi connectivity index (χ0) is 27.1. The number of nitrogens with zero attached hydrogens (tertiary/aromatic N) is 2. The maximum absolute atomic E-state index is 12.0. The Morgan fingerprint density at radius 1 is 0.447 bits per heavy atom. The molecule has 0 unspecified atom stereocenters. The zero-order valence-electron chi connectivity index (χ0n) is 19.9. The molecule has 0 aliphatic carbocycles. The van der Waals surface area contributed by atoms with E-state index < -0.39 is 11.6 Å². The molecule has 1 heterocycles. The fraction of sp³-hybridized carbons (Fsp3) is 0.0667. The number of hydrogen-bond acceptors (Lipinski definition) is 4. The summed E-state index contributed by atoms with van der Waals surface area (Å²) in [5.74, 6) is -0.991. The number of carbonyl (C=O) groups is 2. The van der Waals surface area contributed by atoms with E-state index in [1.807, 2.05) is 24.3 Å². The number of aliphatic imine (C=N–C) groups is 2. The van der Waals surface area contributed by atoms with E-state index in [4.69, 9.17) is 0 Å². The number of hydrogen-bond donors (Lipinski definition) is 0. The summed E-state index contributed by atoms with van der Waals surface area (Å²) < 4.78 is 3.88. The second-order valence-corrected chi connectivity index (χ2v) is 11.8. The molecule has 4 nitrogen and oxygen atoms in total. The molecule has 0 atom stereocenters. The predicted molar refractivity (Wildman–Crippen MR) is 168 cm³/mol. The highest BCUT2D eigenvalue weighted by molar-refractivity contribution is 9.11. The van der Waals surface area contributed by atoms with Crippen molar-refractivity contribution in [3.8, 4) is 0 Å². The Morgan fingerprint density at radius 2 is 0.711 bits per heavy atom. The number of Topliss-reactive ketones (excluding diaryl/α,β-unsaturated/α-hetero) is 2. The first-order valence-electron chi connectivity index (χ1n) is 11.5. The van der Waals surface area contributed by atoms with Gasteiger partial charge in [-0.2, -0.15) is 0 Å². The average molecular weight is 760 g/mol. The summed E-state index contributed by atoms with van der Waals surface area (Å²) in [7, 11) is 0. The van der Waals surface area contributed by atoms with Crippen molar-refractivity contribution in [2.24, 2.45) is 9.98 Å². The third-order valence-electron chi connectivity index (χ3n) is 5.52. The van der Waals surface area contributed by atoms with Crippen LogP contribution in [0, 0.1) is 0 Å². The Labute approximate surface area is 254 Å². The Hall–Kier alpha value is -2.52. The van der Waals surface area contributed by atoms with Crippen molar-refractivity contribution >= 4 is 86.7 Å². The van der Waals surface area contributed by atoms with Gasteiger partial charge in [-0.05, 0) is 72.8 Å². The van der Waals surface area contributed by atoms with Crippen LogP contribution in [0.1, 0.15) is 31.8 Å². The van der Waals surface area contributed by atoms with Crippen LogP contribution >= 0.6 is 63.7 Å². The van der Waals surface area contributed by atoms with Crippen LogP contribution in [-0.4, -0.2) is 36.1 Å². The van der Waals surface area contributed by atoms with Gasteiger partial charge in [0.1, 0.15) is 0 Å². The largest absolute Gasteiger partial charge is 0.285 e. The normalized spacial score (nSPS) is 12.5. The van der Waals surface area contributed by atoms with Crippen molar-refractivity contribution in [1.29, 1.82) is 0 Å². The maximum Gasteiger partial charge on any atom is 0.233 e. The highest BCUT2D eigenvalue weighted by Crippen LogP contribution is 2.18. The van der Waals surface area contributed by atoms with Crippen LogP contribution in [0.4, 0.5) is 0 Å². The lowest BCUT2D eigenvalue weighted by molar-refractivity contribution is 0.0817. The van der Waals surface area contributed by atoms with Gasteiger partial charge in [0.15, 0.2) is 0 Å².